The van der Waals surface area contributed by atoms with Crippen LogP contribution in [0.4, 0.5) is 0 Å². The topological polar surface area (TPSA) is 68.5 Å². The van der Waals surface area contributed by atoms with E-state index in [1.54, 1.807) is 17.8 Å². The van der Waals surface area contributed by atoms with E-state index in [9.17, 15) is 4.79 Å². The summed E-state index contributed by atoms with van der Waals surface area (Å²) in [6, 6.07) is 7.55. The first-order valence-corrected chi connectivity index (χ1v) is 7.21. The van der Waals surface area contributed by atoms with Crippen LogP contribution in [0.15, 0.2) is 30.5 Å². The third kappa shape index (κ3) is 2.87. The average Bonchev–Trinajstić information content (AvgIpc) is 3.02. The summed E-state index contributed by atoms with van der Waals surface area (Å²) in [5.74, 6) is 0.585. The van der Waals surface area contributed by atoms with Gasteiger partial charge in [0.25, 0.3) is 5.91 Å². The van der Waals surface area contributed by atoms with Gasteiger partial charge < -0.3 is 10.1 Å². The standard InChI is InChI=1S/C14H14N4O2S/c1-9-17-18-8-12(16-14(18)21-9)13(19)15-7-10-3-5-11(20-2)6-4-10/h3-6,8H,7H2,1-2H3,(H,15,19). The Hall–Kier alpha value is -2.41. The van der Waals surface area contributed by atoms with Crippen molar-refractivity contribution in [3.05, 3.63) is 46.7 Å². The van der Waals surface area contributed by atoms with Gasteiger partial charge in [0.2, 0.25) is 4.96 Å². The second-order valence-electron chi connectivity index (χ2n) is 4.51. The lowest BCUT2D eigenvalue weighted by Gasteiger charge is -2.04. The Morgan fingerprint density at radius 2 is 2.14 bits per heavy atom. The highest BCUT2D eigenvalue weighted by atomic mass is 32.1. The van der Waals surface area contributed by atoms with Gasteiger partial charge in [0.05, 0.1) is 13.3 Å². The van der Waals surface area contributed by atoms with Crippen molar-refractivity contribution in [2.24, 2.45) is 0 Å². The fraction of sp³-hybridized carbons (Fsp3) is 0.214. The number of nitrogens with zero attached hydrogens (tertiary/aromatic N) is 3. The summed E-state index contributed by atoms with van der Waals surface area (Å²) >= 11 is 1.46. The van der Waals surface area contributed by atoms with Gasteiger partial charge in [-0.15, -0.1) is 0 Å². The first-order chi connectivity index (χ1) is 10.2. The molecule has 1 N–H and O–H groups in total. The lowest BCUT2D eigenvalue weighted by Crippen LogP contribution is -2.23. The number of benzene rings is 1. The Labute approximate surface area is 125 Å². The predicted molar refractivity (Wildman–Crippen MR) is 79.8 cm³/mol. The van der Waals surface area contributed by atoms with Crippen molar-refractivity contribution in [1.82, 2.24) is 19.9 Å². The normalized spacial score (nSPS) is 10.8. The molecule has 2 heterocycles. The van der Waals surface area contributed by atoms with Gasteiger partial charge >= 0.3 is 0 Å². The minimum absolute atomic E-state index is 0.207. The molecule has 0 saturated carbocycles. The monoisotopic (exact) mass is 302 g/mol. The van der Waals surface area contributed by atoms with Crippen molar-refractivity contribution in [3.8, 4) is 5.75 Å². The van der Waals surface area contributed by atoms with E-state index < -0.39 is 0 Å². The van der Waals surface area contributed by atoms with Gasteiger partial charge in [0.1, 0.15) is 16.5 Å². The molecule has 3 rings (SSSR count). The van der Waals surface area contributed by atoms with E-state index in [4.69, 9.17) is 4.74 Å². The van der Waals surface area contributed by atoms with E-state index in [2.05, 4.69) is 15.4 Å². The molecule has 0 unspecified atom stereocenters. The molecule has 1 aromatic carbocycles. The maximum absolute atomic E-state index is 12.1. The Morgan fingerprint density at radius 1 is 1.38 bits per heavy atom. The smallest absolute Gasteiger partial charge is 0.271 e. The van der Waals surface area contributed by atoms with Crippen molar-refractivity contribution < 1.29 is 9.53 Å². The molecule has 0 atom stereocenters. The highest BCUT2D eigenvalue weighted by Gasteiger charge is 2.12. The fourth-order valence-electron chi connectivity index (χ4n) is 1.93. The Balaban J connectivity index is 1.66. The van der Waals surface area contributed by atoms with Crippen LogP contribution in [0, 0.1) is 6.92 Å². The van der Waals surface area contributed by atoms with Crippen LogP contribution >= 0.6 is 11.3 Å². The van der Waals surface area contributed by atoms with Crippen molar-refractivity contribution in [1.29, 1.82) is 0 Å². The molecule has 3 aromatic rings. The van der Waals surface area contributed by atoms with Gasteiger partial charge in [-0.2, -0.15) is 5.10 Å². The minimum atomic E-state index is -0.207. The zero-order valence-electron chi connectivity index (χ0n) is 11.7. The van der Waals surface area contributed by atoms with Gasteiger partial charge in [-0.25, -0.2) is 9.50 Å². The number of hydrogen-bond acceptors (Lipinski definition) is 5. The summed E-state index contributed by atoms with van der Waals surface area (Å²) in [5, 5.41) is 7.99. The number of ether oxygens (including phenoxy) is 1. The zero-order chi connectivity index (χ0) is 14.8. The molecule has 0 radical (unpaired) electrons. The summed E-state index contributed by atoms with van der Waals surface area (Å²) in [7, 11) is 1.62. The van der Waals surface area contributed by atoms with E-state index in [1.165, 1.54) is 11.3 Å². The highest BCUT2D eigenvalue weighted by Crippen LogP contribution is 2.14. The number of carbonyl (C=O) groups excluding carboxylic acids is 1. The summed E-state index contributed by atoms with van der Waals surface area (Å²) in [4.78, 5) is 17.0. The minimum Gasteiger partial charge on any atom is -0.497 e. The van der Waals surface area contributed by atoms with Crippen LogP contribution in [0.25, 0.3) is 4.96 Å². The fourth-order valence-corrected chi connectivity index (χ4v) is 2.65. The molecule has 0 fully saturated rings. The first-order valence-electron chi connectivity index (χ1n) is 6.39. The molecular weight excluding hydrogens is 288 g/mol. The molecule has 7 heteroatoms. The highest BCUT2D eigenvalue weighted by molar-refractivity contribution is 7.16. The van der Waals surface area contributed by atoms with Crippen LogP contribution in [0.5, 0.6) is 5.75 Å². The number of rotatable bonds is 4. The quantitative estimate of drug-likeness (QED) is 0.801. The summed E-state index contributed by atoms with van der Waals surface area (Å²) in [6.45, 7) is 2.35. The van der Waals surface area contributed by atoms with Gasteiger partial charge in [-0.1, -0.05) is 23.5 Å². The van der Waals surface area contributed by atoms with Gasteiger partial charge in [-0.3, -0.25) is 4.79 Å². The third-order valence-electron chi connectivity index (χ3n) is 2.99. The van der Waals surface area contributed by atoms with Crippen molar-refractivity contribution in [2.75, 3.05) is 7.11 Å². The van der Waals surface area contributed by atoms with Crippen LogP contribution in [0.3, 0.4) is 0 Å². The van der Waals surface area contributed by atoms with Gasteiger partial charge in [0, 0.05) is 6.54 Å². The van der Waals surface area contributed by atoms with E-state index in [0.29, 0.717) is 12.2 Å². The number of carbonyl (C=O) groups is 1. The molecule has 0 aliphatic rings. The zero-order valence-corrected chi connectivity index (χ0v) is 12.5. The number of aryl methyl sites for hydroxylation is 1. The van der Waals surface area contributed by atoms with E-state index in [-0.39, 0.29) is 5.91 Å². The summed E-state index contributed by atoms with van der Waals surface area (Å²) in [6.07, 6.45) is 1.64. The van der Waals surface area contributed by atoms with Crippen molar-refractivity contribution >= 4 is 22.2 Å². The van der Waals surface area contributed by atoms with Gasteiger partial charge in [0.15, 0.2) is 0 Å². The van der Waals surface area contributed by atoms with Crippen LogP contribution in [-0.4, -0.2) is 27.6 Å². The molecular formula is C14H14N4O2S. The molecule has 0 spiro atoms. The van der Waals surface area contributed by atoms with E-state index in [1.807, 2.05) is 31.2 Å². The Morgan fingerprint density at radius 3 is 2.81 bits per heavy atom. The van der Waals surface area contributed by atoms with Crippen LogP contribution in [0.2, 0.25) is 0 Å². The number of methoxy groups -OCH3 is 1. The van der Waals surface area contributed by atoms with E-state index in [0.717, 1.165) is 21.3 Å². The second kappa shape index (κ2) is 5.53. The van der Waals surface area contributed by atoms with Crippen molar-refractivity contribution in [2.45, 2.75) is 13.5 Å². The van der Waals surface area contributed by atoms with Crippen LogP contribution in [-0.2, 0) is 6.54 Å². The molecule has 0 saturated heterocycles. The molecule has 6 nitrogen and oxygen atoms in total. The average molecular weight is 302 g/mol. The van der Waals surface area contributed by atoms with E-state index >= 15 is 0 Å². The molecule has 108 valence electrons. The molecule has 21 heavy (non-hydrogen) atoms. The molecule has 0 aliphatic heterocycles. The number of fused-ring (bicyclic) bond motifs is 1. The number of hydrogen-bond donors (Lipinski definition) is 1. The summed E-state index contributed by atoms with van der Waals surface area (Å²) < 4.78 is 6.72. The van der Waals surface area contributed by atoms with Crippen molar-refractivity contribution in [3.63, 3.8) is 0 Å². The Kier molecular flexibility index (Phi) is 3.57. The number of imidazole rings is 1. The van der Waals surface area contributed by atoms with Gasteiger partial charge in [-0.05, 0) is 24.6 Å². The first kappa shape index (κ1) is 13.6. The molecule has 2 aromatic heterocycles. The Bertz CT molecular complexity index is 744. The maximum atomic E-state index is 12.1. The van der Waals surface area contributed by atoms with Crippen LogP contribution < -0.4 is 10.1 Å². The predicted octanol–water partition coefficient (Wildman–Crippen LogP) is 2.04. The maximum Gasteiger partial charge on any atom is 0.271 e. The third-order valence-corrected chi connectivity index (χ3v) is 3.83. The molecule has 0 aliphatic carbocycles. The largest absolute Gasteiger partial charge is 0.497 e. The number of amides is 1. The molecule has 1 amide bonds. The van der Waals surface area contributed by atoms with Crippen LogP contribution in [0.1, 0.15) is 21.1 Å². The molecule has 0 bridgehead atoms. The summed E-state index contributed by atoms with van der Waals surface area (Å²) in [5.41, 5.74) is 1.38. The second-order valence-corrected chi connectivity index (χ2v) is 5.67. The number of aromatic nitrogens is 3. The SMILES string of the molecule is COc1ccc(CNC(=O)c2cn3nc(C)sc3n2)cc1. The lowest BCUT2D eigenvalue weighted by atomic mass is 10.2. The number of nitrogens with one attached hydrogen (secondary N) is 1. The lowest BCUT2D eigenvalue weighted by molar-refractivity contribution is 0.0946.